The SMILES string of the molecule is CC(C)(C)N1Cc2ncnnc2C1. The third kappa shape index (κ3) is 1.54. The fraction of sp³-hybridized carbons (Fsp3) is 0.667. The summed E-state index contributed by atoms with van der Waals surface area (Å²) in [6.07, 6.45) is 1.52. The van der Waals surface area contributed by atoms with Gasteiger partial charge < -0.3 is 0 Å². The molecule has 0 atom stereocenters. The zero-order valence-corrected chi connectivity index (χ0v) is 8.28. The summed E-state index contributed by atoms with van der Waals surface area (Å²) in [5, 5.41) is 7.85. The number of aromatic nitrogens is 3. The Morgan fingerprint density at radius 2 is 1.92 bits per heavy atom. The molecule has 1 aromatic heterocycles. The highest BCUT2D eigenvalue weighted by atomic mass is 15.3. The van der Waals surface area contributed by atoms with E-state index in [1.165, 1.54) is 6.33 Å². The molecule has 0 spiro atoms. The van der Waals surface area contributed by atoms with Crippen molar-refractivity contribution in [1.82, 2.24) is 20.1 Å². The van der Waals surface area contributed by atoms with Gasteiger partial charge in [0.1, 0.15) is 6.33 Å². The third-order valence-corrected chi connectivity index (χ3v) is 2.41. The van der Waals surface area contributed by atoms with E-state index in [0.717, 1.165) is 24.5 Å². The topological polar surface area (TPSA) is 41.9 Å². The molecule has 0 fully saturated rings. The maximum absolute atomic E-state index is 4.21. The molecular weight excluding hydrogens is 164 g/mol. The minimum absolute atomic E-state index is 0.183. The van der Waals surface area contributed by atoms with Crippen molar-refractivity contribution in [3.63, 3.8) is 0 Å². The summed E-state index contributed by atoms with van der Waals surface area (Å²) in [6.45, 7) is 8.37. The first-order chi connectivity index (χ1) is 6.07. The van der Waals surface area contributed by atoms with E-state index in [9.17, 15) is 0 Å². The molecule has 0 radical (unpaired) electrons. The van der Waals surface area contributed by atoms with Crippen LogP contribution in [0, 0.1) is 0 Å². The van der Waals surface area contributed by atoms with Gasteiger partial charge in [0, 0.05) is 18.6 Å². The van der Waals surface area contributed by atoms with Gasteiger partial charge in [-0.05, 0) is 20.8 Å². The molecule has 4 heteroatoms. The molecule has 0 saturated carbocycles. The third-order valence-electron chi connectivity index (χ3n) is 2.41. The Morgan fingerprint density at radius 3 is 2.54 bits per heavy atom. The summed E-state index contributed by atoms with van der Waals surface area (Å²) in [5.41, 5.74) is 2.28. The zero-order valence-electron chi connectivity index (χ0n) is 8.28. The van der Waals surface area contributed by atoms with Crippen LogP contribution in [-0.2, 0) is 13.1 Å². The molecule has 0 aliphatic carbocycles. The first-order valence-electron chi connectivity index (χ1n) is 4.48. The van der Waals surface area contributed by atoms with Gasteiger partial charge in [0.15, 0.2) is 0 Å². The molecule has 0 unspecified atom stereocenters. The molecule has 1 aliphatic rings. The van der Waals surface area contributed by atoms with Crippen LogP contribution in [0.5, 0.6) is 0 Å². The Morgan fingerprint density at radius 1 is 1.23 bits per heavy atom. The zero-order chi connectivity index (χ0) is 9.47. The second-order valence-electron chi connectivity index (χ2n) is 4.38. The monoisotopic (exact) mass is 178 g/mol. The summed E-state index contributed by atoms with van der Waals surface area (Å²) in [6, 6.07) is 0. The quantitative estimate of drug-likeness (QED) is 0.594. The fourth-order valence-corrected chi connectivity index (χ4v) is 1.47. The smallest absolute Gasteiger partial charge is 0.138 e. The van der Waals surface area contributed by atoms with Gasteiger partial charge in [0.05, 0.1) is 11.4 Å². The molecule has 13 heavy (non-hydrogen) atoms. The van der Waals surface area contributed by atoms with Crippen molar-refractivity contribution in [2.45, 2.75) is 39.4 Å². The van der Waals surface area contributed by atoms with Crippen LogP contribution in [0.1, 0.15) is 32.2 Å². The van der Waals surface area contributed by atoms with Crippen molar-refractivity contribution in [3.8, 4) is 0 Å². The summed E-state index contributed by atoms with van der Waals surface area (Å²) >= 11 is 0. The van der Waals surface area contributed by atoms with Crippen molar-refractivity contribution in [1.29, 1.82) is 0 Å². The van der Waals surface area contributed by atoms with Gasteiger partial charge in [0.25, 0.3) is 0 Å². The van der Waals surface area contributed by atoms with Gasteiger partial charge in [-0.3, -0.25) is 4.90 Å². The minimum Gasteiger partial charge on any atom is -0.287 e. The highest BCUT2D eigenvalue weighted by Gasteiger charge is 2.29. The van der Waals surface area contributed by atoms with E-state index in [1.807, 2.05) is 0 Å². The normalized spacial score (nSPS) is 17.5. The van der Waals surface area contributed by atoms with E-state index >= 15 is 0 Å². The Balaban J connectivity index is 2.23. The average Bonchev–Trinajstić information content (AvgIpc) is 2.45. The number of fused-ring (bicyclic) bond motifs is 1. The lowest BCUT2D eigenvalue weighted by Gasteiger charge is -2.30. The Hall–Kier alpha value is -1.03. The van der Waals surface area contributed by atoms with Gasteiger partial charge in [-0.2, -0.15) is 5.10 Å². The van der Waals surface area contributed by atoms with Gasteiger partial charge in [-0.15, -0.1) is 5.10 Å². The molecule has 0 N–H and O–H groups in total. The van der Waals surface area contributed by atoms with Crippen molar-refractivity contribution < 1.29 is 0 Å². The molecule has 0 amide bonds. The molecular formula is C9H14N4. The van der Waals surface area contributed by atoms with Crippen molar-refractivity contribution in [3.05, 3.63) is 17.7 Å². The average molecular weight is 178 g/mol. The lowest BCUT2D eigenvalue weighted by Crippen LogP contribution is -2.36. The number of hydrogen-bond acceptors (Lipinski definition) is 4. The molecule has 2 heterocycles. The summed E-state index contributed by atoms with van der Waals surface area (Å²) in [5.74, 6) is 0. The van der Waals surface area contributed by atoms with E-state index < -0.39 is 0 Å². The predicted octanol–water partition coefficient (Wildman–Crippen LogP) is 0.986. The van der Waals surface area contributed by atoms with Crippen molar-refractivity contribution in [2.24, 2.45) is 0 Å². The maximum atomic E-state index is 4.21. The number of rotatable bonds is 0. The predicted molar refractivity (Wildman–Crippen MR) is 48.8 cm³/mol. The summed E-state index contributed by atoms with van der Waals surface area (Å²) in [4.78, 5) is 6.55. The first-order valence-corrected chi connectivity index (χ1v) is 4.48. The fourth-order valence-electron chi connectivity index (χ4n) is 1.47. The van der Waals surface area contributed by atoms with Crippen molar-refractivity contribution in [2.75, 3.05) is 0 Å². The molecule has 1 aliphatic heterocycles. The Bertz CT molecular complexity index is 291. The summed E-state index contributed by atoms with van der Waals surface area (Å²) in [7, 11) is 0. The van der Waals surface area contributed by atoms with E-state index in [1.54, 1.807) is 0 Å². The molecule has 0 aromatic carbocycles. The summed E-state index contributed by atoms with van der Waals surface area (Å²) < 4.78 is 0. The highest BCUT2D eigenvalue weighted by Crippen LogP contribution is 2.25. The van der Waals surface area contributed by atoms with Crippen LogP contribution >= 0.6 is 0 Å². The first kappa shape index (κ1) is 8.56. The van der Waals surface area contributed by atoms with E-state index in [0.29, 0.717) is 0 Å². The van der Waals surface area contributed by atoms with Crippen LogP contribution in [0.4, 0.5) is 0 Å². The van der Waals surface area contributed by atoms with E-state index in [-0.39, 0.29) is 5.54 Å². The Kier molecular flexibility index (Phi) is 1.80. The highest BCUT2D eigenvalue weighted by molar-refractivity contribution is 5.14. The van der Waals surface area contributed by atoms with Gasteiger partial charge in [0.2, 0.25) is 0 Å². The molecule has 0 saturated heterocycles. The number of hydrogen-bond donors (Lipinski definition) is 0. The maximum Gasteiger partial charge on any atom is 0.138 e. The van der Waals surface area contributed by atoms with Crippen molar-refractivity contribution >= 4 is 0 Å². The van der Waals surface area contributed by atoms with Gasteiger partial charge in [-0.25, -0.2) is 4.98 Å². The van der Waals surface area contributed by atoms with Crippen LogP contribution in [-0.4, -0.2) is 25.6 Å². The second-order valence-corrected chi connectivity index (χ2v) is 4.38. The standard InChI is InChI=1S/C9H14N4/c1-9(2,3)13-4-7-8(5-13)12-11-6-10-7/h6H,4-5H2,1-3H3. The van der Waals surface area contributed by atoms with E-state index in [4.69, 9.17) is 0 Å². The van der Waals surface area contributed by atoms with Crippen LogP contribution in [0.25, 0.3) is 0 Å². The van der Waals surface area contributed by atoms with Crippen LogP contribution < -0.4 is 0 Å². The molecule has 70 valence electrons. The molecule has 4 nitrogen and oxygen atoms in total. The van der Waals surface area contributed by atoms with Crippen LogP contribution in [0.15, 0.2) is 6.33 Å². The second kappa shape index (κ2) is 2.73. The number of nitrogens with zero attached hydrogens (tertiary/aromatic N) is 4. The van der Waals surface area contributed by atoms with Gasteiger partial charge >= 0.3 is 0 Å². The lowest BCUT2D eigenvalue weighted by atomic mass is 10.1. The largest absolute Gasteiger partial charge is 0.287 e. The lowest BCUT2D eigenvalue weighted by molar-refractivity contribution is 0.134. The van der Waals surface area contributed by atoms with Gasteiger partial charge in [-0.1, -0.05) is 0 Å². The molecule has 1 aromatic rings. The van der Waals surface area contributed by atoms with E-state index in [2.05, 4.69) is 40.9 Å². The Labute approximate surface area is 78.0 Å². The molecule has 2 rings (SSSR count). The molecule has 0 bridgehead atoms. The van der Waals surface area contributed by atoms with Crippen LogP contribution in [0.2, 0.25) is 0 Å². The van der Waals surface area contributed by atoms with Crippen LogP contribution in [0.3, 0.4) is 0 Å². The minimum atomic E-state index is 0.183.